The molecule has 0 saturated carbocycles. The average molecular weight is 415 g/mol. The van der Waals surface area contributed by atoms with E-state index in [4.69, 9.17) is 27.9 Å². The maximum Gasteiger partial charge on any atom is 0.294 e. The number of rotatable bonds is 5. The summed E-state index contributed by atoms with van der Waals surface area (Å²) in [6, 6.07) is 4.85. The fraction of sp³-hybridized carbons (Fsp3) is 0.353. The molecule has 1 atom stereocenters. The summed E-state index contributed by atoms with van der Waals surface area (Å²) in [6.45, 7) is 0.760. The zero-order valence-corrected chi connectivity index (χ0v) is 16.0. The van der Waals surface area contributed by atoms with E-state index < -0.39 is 17.1 Å². The summed E-state index contributed by atoms with van der Waals surface area (Å²) in [6.07, 6.45) is 3.39. The van der Waals surface area contributed by atoms with E-state index in [2.05, 4.69) is 5.32 Å². The van der Waals surface area contributed by atoms with Crippen molar-refractivity contribution >= 4 is 58.1 Å². The number of hydrogen-bond acceptors (Lipinski definition) is 5. The second-order valence-corrected chi connectivity index (χ2v) is 7.71. The third-order valence-corrected chi connectivity index (χ3v) is 5.45. The van der Waals surface area contributed by atoms with Crippen LogP contribution in [0.15, 0.2) is 23.1 Å². The lowest BCUT2D eigenvalue weighted by Crippen LogP contribution is -2.41. The number of carbonyl (C=O) groups excluding carboxylic acids is 3. The molecule has 9 heteroatoms. The van der Waals surface area contributed by atoms with E-state index in [9.17, 15) is 14.4 Å². The van der Waals surface area contributed by atoms with Crippen LogP contribution < -0.4 is 5.32 Å². The minimum atomic E-state index is -0.515. The Morgan fingerprint density at radius 3 is 2.88 bits per heavy atom. The van der Waals surface area contributed by atoms with Gasteiger partial charge in [-0.3, -0.25) is 19.3 Å². The molecule has 0 spiro atoms. The summed E-state index contributed by atoms with van der Waals surface area (Å²) >= 11 is 12.7. The van der Waals surface area contributed by atoms with Gasteiger partial charge in [-0.25, -0.2) is 0 Å². The number of hydrogen-bond donors (Lipinski definition) is 1. The van der Waals surface area contributed by atoms with Crippen molar-refractivity contribution in [2.45, 2.75) is 18.9 Å². The highest BCUT2D eigenvalue weighted by Gasteiger charge is 2.36. The summed E-state index contributed by atoms with van der Waals surface area (Å²) in [5.74, 6) is -0.910. The first-order valence-corrected chi connectivity index (χ1v) is 9.60. The molecule has 0 unspecified atom stereocenters. The Hall–Kier alpha value is -1.54. The zero-order chi connectivity index (χ0) is 18.7. The molecule has 0 aliphatic carbocycles. The Bertz CT molecular complexity index is 778. The van der Waals surface area contributed by atoms with E-state index in [0.29, 0.717) is 28.8 Å². The molecule has 138 valence electrons. The minimum absolute atomic E-state index is 0.000750. The number of imide groups is 1. The third kappa shape index (κ3) is 4.59. The van der Waals surface area contributed by atoms with Crippen molar-refractivity contribution in [3.05, 3.63) is 38.7 Å². The first kappa shape index (κ1) is 19.2. The summed E-state index contributed by atoms with van der Waals surface area (Å²) in [5.41, 5.74) is 0.574. The Labute approximate surface area is 164 Å². The molecule has 1 N–H and O–H groups in total. The Balaban J connectivity index is 1.62. The number of halogens is 2. The molecule has 2 saturated heterocycles. The Morgan fingerprint density at radius 2 is 2.19 bits per heavy atom. The zero-order valence-electron chi connectivity index (χ0n) is 13.7. The van der Waals surface area contributed by atoms with Crippen LogP contribution in [0.25, 0.3) is 6.08 Å². The van der Waals surface area contributed by atoms with Crippen LogP contribution in [-0.4, -0.2) is 47.8 Å². The number of carbonyl (C=O) groups is 3. The topological polar surface area (TPSA) is 75.7 Å². The van der Waals surface area contributed by atoms with Crippen LogP contribution >= 0.6 is 35.0 Å². The molecular formula is C17H16Cl2N2O4S. The highest BCUT2D eigenvalue weighted by Crippen LogP contribution is 2.33. The van der Waals surface area contributed by atoms with Gasteiger partial charge in [0.25, 0.3) is 11.1 Å². The van der Waals surface area contributed by atoms with Crippen molar-refractivity contribution in [1.29, 1.82) is 0 Å². The first-order chi connectivity index (χ1) is 12.4. The molecule has 2 aliphatic heterocycles. The van der Waals surface area contributed by atoms with Crippen molar-refractivity contribution in [3.8, 4) is 0 Å². The minimum Gasteiger partial charge on any atom is -0.376 e. The highest BCUT2D eigenvalue weighted by molar-refractivity contribution is 8.18. The molecule has 3 amide bonds. The predicted octanol–water partition coefficient (Wildman–Crippen LogP) is 3.32. The van der Waals surface area contributed by atoms with Gasteiger partial charge in [-0.15, -0.1) is 0 Å². The fourth-order valence-electron chi connectivity index (χ4n) is 2.63. The number of thioether (sulfide) groups is 1. The van der Waals surface area contributed by atoms with Gasteiger partial charge in [0.2, 0.25) is 5.91 Å². The quantitative estimate of drug-likeness (QED) is 0.747. The number of nitrogens with zero attached hydrogens (tertiary/aromatic N) is 1. The van der Waals surface area contributed by atoms with E-state index in [0.717, 1.165) is 29.5 Å². The molecule has 2 heterocycles. The van der Waals surface area contributed by atoms with Gasteiger partial charge < -0.3 is 10.1 Å². The Kier molecular flexibility index (Phi) is 6.24. The van der Waals surface area contributed by atoms with Crippen LogP contribution in [-0.2, 0) is 14.3 Å². The van der Waals surface area contributed by atoms with Crippen molar-refractivity contribution in [2.24, 2.45) is 0 Å². The lowest BCUT2D eigenvalue weighted by Gasteiger charge is -2.14. The normalized spacial score (nSPS) is 21.7. The molecule has 0 bridgehead atoms. The lowest BCUT2D eigenvalue weighted by molar-refractivity contribution is -0.129. The van der Waals surface area contributed by atoms with Gasteiger partial charge in [-0.1, -0.05) is 29.3 Å². The molecule has 0 radical (unpaired) electrons. The van der Waals surface area contributed by atoms with Crippen molar-refractivity contribution in [2.75, 3.05) is 19.7 Å². The maximum atomic E-state index is 12.4. The van der Waals surface area contributed by atoms with E-state index in [1.165, 1.54) is 6.08 Å². The van der Waals surface area contributed by atoms with Gasteiger partial charge in [-0.05, 0) is 48.4 Å². The molecule has 3 rings (SSSR count). The Morgan fingerprint density at radius 1 is 1.38 bits per heavy atom. The fourth-order valence-corrected chi connectivity index (χ4v) is 3.92. The monoisotopic (exact) mass is 414 g/mol. The smallest absolute Gasteiger partial charge is 0.294 e. The summed E-state index contributed by atoms with van der Waals surface area (Å²) in [4.78, 5) is 37.7. The molecular weight excluding hydrogens is 399 g/mol. The molecule has 26 heavy (non-hydrogen) atoms. The van der Waals surface area contributed by atoms with Gasteiger partial charge in [0.15, 0.2) is 0 Å². The summed E-state index contributed by atoms with van der Waals surface area (Å²) < 4.78 is 5.42. The average Bonchev–Trinajstić information content (AvgIpc) is 3.20. The number of amides is 3. The van der Waals surface area contributed by atoms with Crippen LogP contribution in [0.5, 0.6) is 0 Å². The number of nitrogens with one attached hydrogen (secondary N) is 1. The van der Waals surface area contributed by atoms with Crippen LogP contribution in [0.2, 0.25) is 10.0 Å². The second-order valence-electron chi connectivity index (χ2n) is 5.87. The van der Waals surface area contributed by atoms with Crippen molar-refractivity contribution in [1.82, 2.24) is 10.2 Å². The molecule has 1 aromatic rings. The van der Waals surface area contributed by atoms with Gasteiger partial charge >= 0.3 is 0 Å². The van der Waals surface area contributed by atoms with Gasteiger partial charge in [0.05, 0.1) is 11.0 Å². The molecule has 2 fully saturated rings. The summed E-state index contributed by atoms with van der Waals surface area (Å²) in [5, 5.41) is 3.06. The van der Waals surface area contributed by atoms with Crippen LogP contribution in [0, 0.1) is 0 Å². The number of ether oxygens (including phenoxy) is 1. The van der Waals surface area contributed by atoms with E-state index in [-0.39, 0.29) is 17.6 Å². The second kappa shape index (κ2) is 8.43. The summed E-state index contributed by atoms with van der Waals surface area (Å²) in [7, 11) is 0. The van der Waals surface area contributed by atoms with Gasteiger partial charge in [-0.2, -0.15) is 0 Å². The molecule has 2 aliphatic rings. The maximum absolute atomic E-state index is 12.4. The first-order valence-electron chi connectivity index (χ1n) is 8.03. The molecule has 1 aromatic carbocycles. The van der Waals surface area contributed by atoms with E-state index in [1.807, 2.05) is 0 Å². The van der Waals surface area contributed by atoms with Crippen LogP contribution in [0.4, 0.5) is 4.79 Å². The third-order valence-electron chi connectivity index (χ3n) is 3.98. The largest absolute Gasteiger partial charge is 0.376 e. The van der Waals surface area contributed by atoms with Crippen LogP contribution in [0.1, 0.15) is 18.4 Å². The lowest BCUT2D eigenvalue weighted by atomic mass is 10.2. The predicted molar refractivity (Wildman–Crippen MR) is 101 cm³/mol. The molecule has 0 aromatic heterocycles. The van der Waals surface area contributed by atoms with Crippen molar-refractivity contribution in [3.63, 3.8) is 0 Å². The standard InChI is InChI=1S/C17H16Cl2N2O4S/c18-11-4-3-10(13(19)7-11)6-14-16(23)21(17(24)26-14)9-15(22)20-8-12-2-1-5-25-12/h3-4,6-7,12H,1-2,5,8-9H2,(H,20,22)/b14-6-/t12-/m1/s1. The SMILES string of the molecule is O=C(CN1C(=O)S/C(=C\c2ccc(Cl)cc2Cl)C1=O)NC[C@H]1CCCO1. The van der Waals surface area contributed by atoms with E-state index >= 15 is 0 Å². The van der Waals surface area contributed by atoms with E-state index in [1.54, 1.807) is 18.2 Å². The van der Waals surface area contributed by atoms with Gasteiger partial charge in [0, 0.05) is 23.2 Å². The number of benzene rings is 1. The molecule has 6 nitrogen and oxygen atoms in total. The van der Waals surface area contributed by atoms with Crippen molar-refractivity contribution < 1.29 is 19.1 Å². The van der Waals surface area contributed by atoms with Gasteiger partial charge in [0.1, 0.15) is 6.54 Å². The highest BCUT2D eigenvalue weighted by atomic mass is 35.5. The van der Waals surface area contributed by atoms with Crippen LogP contribution in [0.3, 0.4) is 0 Å².